The van der Waals surface area contributed by atoms with E-state index in [9.17, 15) is 14.4 Å². The van der Waals surface area contributed by atoms with Crippen LogP contribution in [-0.2, 0) is 25.5 Å². The number of imide groups is 1. The van der Waals surface area contributed by atoms with Gasteiger partial charge in [0.25, 0.3) is 5.91 Å². The molecule has 2 heterocycles. The number of esters is 1. The number of aryl methyl sites for hydroxylation is 1. The summed E-state index contributed by atoms with van der Waals surface area (Å²) in [5, 5.41) is 1.08. The van der Waals surface area contributed by atoms with Gasteiger partial charge in [0.2, 0.25) is 5.91 Å². The minimum atomic E-state index is -0.437. The molecule has 2 aromatic rings. The van der Waals surface area contributed by atoms with E-state index in [0.717, 1.165) is 21.4 Å². The number of aromatic nitrogens is 1. The number of aromatic amines is 1. The van der Waals surface area contributed by atoms with Crippen LogP contribution in [0.15, 0.2) is 30.5 Å². The van der Waals surface area contributed by atoms with Gasteiger partial charge in [-0.05, 0) is 24.5 Å². The lowest BCUT2D eigenvalue weighted by Crippen LogP contribution is -2.35. The number of rotatable bonds is 5. The van der Waals surface area contributed by atoms with E-state index in [-0.39, 0.29) is 18.9 Å². The maximum atomic E-state index is 11.8. The highest BCUT2D eigenvalue weighted by molar-refractivity contribution is 5.97. The molecule has 0 aliphatic carbocycles. The Morgan fingerprint density at radius 1 is 1.26 bits per heavy atom. The Labute approximate surface area is 133 Å². The van der Waals surface area contributed by atoms with Crippen LogP contribution in [0, 0.1) is 0 Å². The summed E-state index contributed by atoms with van der Waals surface area (Å²) < 4.78 is 4.98. The van der Waals surface area contributed by atoms with Gasteiger partial charge in [0.15, 0.2) is 6.61 Å². The first kappa shape index (κ1) is 15.3. The first-order valence-electron chi connectivity index (χ1n) is 7.69. The molecule has 0 bridgehead atoms. The fraction of sp³-hybridized carbons (Fsp3) is 0.353. The molecule has 0 atom stereocenters. The van der Waals surface area contributed by atoms with Crippen molar-refractivity contribution in [3.05, 3.63) is 36.0 Å². The summed E-state index contributed by atoms with van der Waals surface area (Å²) >= 11 is 0. The smallest absolute Gasteiger partial charge is 0.306 e. The Bertz CT molecular complexity index is 750. The molecular weight excluding hydrogens is 296 g/mol. The van der Waals surface area contributed by atoms with Gasteiger partial charge in [-0.15, -0.1) is 0 Å². The highest BCUT2D eigenvalue weighted by Crippen LogP contribution is 2.19. The molecule has 3 rings (SSSR count). The highest BCUT2D eigenvalue weighted by Gasteiger charge is 2.26. The molecule has 1 N–H and O–H groups in total. The van der Waals surface area contributed by atoms with Crippen LogP contribution in [0.1, 0.15) is 24.8 Å². The molecule has 6 heteroatoms. The summed E-state index contributed by atoms with van der Waals surface area (Å²) in [4.78, 5) is 39.3. The van der Waals surface area contributed by atoms with E-state index >= 15 is 0 Å². The fourth-order valence-electron chi connectivity index (χ4n) is 2.78. The number of ether oxygens (including phenoxy) is 1. The molecule has 120 valence electrons. The molecular formula is C17H18N2O4. The second-order valence-corrected chi connectivity index (χ2v) is 5.56. The van der Waals surface area contributed by atoms with E-state index in [0.29, 0.717) is 25.8 Å². The highest BCUT2D eigenvalue weighted by atomic mass is 16.5. The zero-order valence-corrected chi connectivity index (χ0v) is 12.7. The first-order chi connectivity index (χ1) is 11.1. The van der Waals surface area contributed by atoms with Crippen LogP contribution in [0.4, 0.5) is 0 Å². The summed E-state index contributed by atoms with van der Waals surface area (Å²) in [5.41, 5.74) is 2.07. The number of H-pyrrole nitrogens is 1. The van der Waals surface area contributed by atoms with Gasteiger partial charge in [0, 0.05) is 36.5 Å². The van der Waals surface area contributed by atoms with Crippen molar-refractivity contribution >= 4 is 28.7 Å². The molecule has 1 aromatic carbocycles. The van der Waals surface area contributed by atoms with E-state index in [1.165, 1.54) is 0 Å². The molecule has 6 nitrogen and oxygen atoms in total. The Morgan fingerprint density at radius 2 is 2.09 bits per heavy atom. The predicted molar refractivity (Wildman–Crippen MR) is 83.5 cm³/mol. The summed E-state index contributed by atoms with van der Waals surface area (Å²) in [6.45, 7) is 0.0585. The van der Waals surface area contributed by atoms with Crippen molar-refractivity contribution in [1.29, 1.82) is 0 Å². The van der Waals surface area contributed by atoms with E-state index in [1.54, 1.807) is 0 Å². The first-order valence-corrected chi connectivity index (χ1v) is 7.69. The van der Waals surface area contributed by atoms with Gasteiger partial charge >= 0.3 is 5.97 Å². The topological polar surface area (TPSA) is 79.5 Å². The molecule has 2 amide bonds. The Kier molecular flexibility index (Phi) is 4.41. The second-order valence-electron chi connectivity index (χ2n) is 5.56. The molecule has 23 heavy (non-hydrogen) atoms. The third-order valence-corrected chi connectivity index (χ3v) is 4.00. The van der Waals surface area contributed by atoms with Crippen molar-refractivity contribution in [2.45, 2.75) is 25.7 Å². The number of para-hydroxylation sites is 1. The van der Waals surface area contributed by atoms with E-state index in [4.69, 9.17) is 4.74 Å². The molecule has 1 fully saturated rings. The van der Waals surface area contributed by atoms with Crippen molar-refractivity contribution in [2.24, 2.45) is 0 Å². The zero-order chi connectivity index (χ0) is 16.2. The van der Waals surface area contributed by atoms with Crippen molar-refractivity contribution in [3.63, 3.8) is 0 Å². The van der Waals surface area contributed by atoms with Crippen molar-refractivity contribution in [3.8, 4) is 0 Å². The minimum Gasteiger partial charge on any atom is -0.456 e. The largest absolute Gasteiger partial charge is 0.456 e. The van der Waals surface area contributed by atoms with Crippen LogP contribution in [0.25, 0.3) is 10.9 Å². The summed E-state index contributed by atoms with van der Waals surface area (Å²) in [7, 11) is 0. The van der Waals surface area contributed by atoms with Crippen LogP contribution in [0.3, 0.4) is 0 Å². The Morgan fingerprint density at radius 3 is 2.87 bits per heavy atom. The quantitative estimate of drug-likeness (QED) is 0.853. The number of amides is 2. The third-order valence-electron chi connectivity index (χ3n) is 4.00. The lowest BCUT2D eigenvalue weighted by atomic mass is 10.1. The SMILES string of the molecule is O=C(CCc1c[nH]c2ccccc12)OCC(=O)N1CCCC1=O. The van der Waals surface area contributed by atoms with Gasteiger partial charge in [-0.1, -0.05) is 18.2 Å². The standard InChI is InChI=1S/C17H18N2O4/c20-15-6-3-9-19(15)16(21)11-23-17(22)8-7-12-10-18-14-5-2-1-4-13(12)14/h1-2,4-5,10,18H,3,6-9,11H2. The van der Waals surface area contributed by atoms with Gasteiger partial charge < -0.3 is 9.72 Å². The number of carbonyl (C=O) groups is 3. The van der Waals surface area contributed by atoms with Crippen LogP contribution in [0.2, 0.25) is 0 Å². The van der Waals surface area contributed by atoms with Crippen LogP contribution >= 0.6 is 0 Å². The molecule has 1 aliphatic rings. The maximum Gasteiger partial charge on any atom is 0.306 e. The molecule has 1 saturated heterocycles. The average Bonchev–Trinajstić information content (AvgIpc) is 3.17. The van der Waals surface area contributed by atoms with Crippen molar-refractivity contribution in [2.75, 3.05) is 13.2 Å². The van der Waals surface area contributed by atoms with E-state index in [2.05, 4.69) is 4.98 Å². The summed E-state index contributed by atoms with van der Waals surface area (Å²) in [6, 6.07) is 7.86. The fourth-order valence-corrected chi connectivity index (χ4v) is 2.78. The Balaban J connectivity index is 1.48. The normalized spacial score (nSPS) is 14.4. The minimum absolute atomic E-state index is 0.190. The molecule has 0 radical (unpaired) electrons. The maximum absolute atomic E-state index is 11.8. The van der Waals surface area contributed by atoms with Crippen molar-refractivity contribution in [1.82, 2.24) is 9.88 Å². The second kappa shape index (κ2) is 6.64. The number of nitrogens with zero attached hydrogens (tertiary/aromatic N) is 1. The summed E-state index contributed by atoms with van der Waals surface area (Å²) in [5.74, 6) is -1.06. The number of hydrogen-bond donors (Lipinski definition) is 1. The number of carbonyl (C=O) groups excluding carboxylic acids is 3. The van der Waals surface area contributed by atoms with Gasteiger partial charge in [-0.2, -0.15) is 0 Å². The van der Waals surface area contributed by atoms with Gasteiger partial charge in [0.1, 0.15) is 0 Å². The molecule has 0 saturated carbocycles. The van der Waals surface area contributed by atoms with E-state index in [1.807, 2.05) is 30.5 Å². The summed E-state index contributed by atoms with van der Waals surface area (Å²) in [6.07, 6.45) is 3.69. The van der Waals surface area contributed by atoms with E-state index < -0.39 is 11.9 Å². The molecule has 1 aromatic heterocycles. The zero-order valence-electron chi connectivity index (χ0n) is 12.7. The lowest BCUT2D eigenvalue weighted by Gasteiger charge is -2.13. The monoisotopic (exact) mass is 314 g/mol. The number of hydrogen-bond acceptors (Lipinski definition) is 4. The lowest BCUT2D eigenvalue weighted by molar-refractivity contribution is -0.154. The Hall–Kier alpha value is -2.63. The number of fused-ring (bicyclic) bond motifs is 1. The van der Waals surface area contributed by atoms with Gasteiger partial charge in [-0.3, -0.25) is 19.3 Å². The van der Waals surface area contributed by atoms with Gasteiger partial charge in [-0.25, -0.2) is 0 Å². The predicted octanol–water partition coefficient (Wildman–Crippen LogP) is 1.79. The average molecular weight is 314 g/mol. The number of likely N-dealkylation sites (tertiary alicyclic amines) is 1. The number of nitrogens with one attached hydrogen (secondary N) is 1. The van der Waals surface area contributed by atoms with Crippen LogP contribution < -0.4 is 0 Å². The number of benzene rings is 1. The molecule has 0 unspecified atom stereocenters. The third kappa shape index (κ3) is 3.41. The molecule has 0 spiro atoms. The van der Waals surface area contributed by atoms with Crippen LogP contribution in [0.5, 0.6) is 0 Å². The van der Waals surface area contributed by atoms with Crippen molar-refractivity contribution < 1.29 is 19.1 Å². The van der Waals surface area contributed by atoms with Crippen LogP contribution in [-0.4, -0.2) is 40.8 Å². The van der Waals surface area contributed by atoms with Gasteiger partial charge in [0.05, 0.1) is 0 Å². The molecule has 1 aliphatic heterocycles.